The molecule has 149 heavy (non-hydrogen) atoms. The number of fused-ring (bicyclic) bond motifs is 3. The van der Waals surface area contributed by atoms with Crippen LogP contribution in [0.25, 0.3) is 32.7 Å². The van der Waals surface area contributed by atoms with Gasteiger partial charge < -0.3 is 79.3 Å². The highest BCUT2D eigenvalue weighted by Gasteiger charge is 2.49. The number of H-pyrrole nitrogens is 3. The summed E-state index contributed by atoms with van der Waals surface area (Å²) in [6.07, 6.45) is 11.8. The van der Waals surface area contributed by atoms with Crippen LogP contribution in [0.4, 0.5) is 41.5 Å². The lowest BCUT2D eigenvalue weighted by atomic mass is 9.74. The quantitative estimate of drug-likeness (QED) is 0.0490. The molecule has 9 aromatic rings. The zero-order chi connectivity index (χ0) is 111. The molecule has 800 valence electrons. The molecular weight excluding hydrogens is 2330 g/mol. The number of nitrogens with one attached hydrogen (secondary N) is 4. The molecule has 0 atom stereocenters. The van der Waals surface area contributed by atoms with Crippen LogP contribution in [-0.2, 0) is 50.1 Å². The van der Waals surface area contributed by atoms with Crippen molar-refractivity contribution in [1.29, 1.82) is 21.0 Å². The van der Waals surface area contributed by atoms with E-state index in [1.54, 1.807) is 88.1 Å². The molecule has 0 unspecified atom stereocenters. The normalized spacial score (nSPS) is 16.6. The SMILES string of the molecule is CC(C)(C)OC(=O)N1CCC(C#N)(c2ncc(F)c(C(=O)O)c2Br)CC1.CC(C)(C)OC(=O)N1CCC(C#N)(c2ncc(F)cc2Br)CC1.CC(C)(C)OC(=O)N1CCC(C#N)CC1.Cc1nc2cnc(C3(C#N)CCN(C(=O)OC(C)(C)C)CC3)c(Br)c2c(=O)[nH]1.Cc1nc2cnc(C3(C(N)=O)CCN(C(=O)OC(C)(C)C)CC3)c(Br)c2c(=O)[nH]1.Cc1nc2cnc(C3CCNCC3)c(Br)c2c(=O)[nH]1.Fc1cnc(F)c(Br)c1. The molecular formula is C100H119Br6F4N23O16. The molecule has 39 nitrogen and oxygen atoms in total. The Morgan fingerprint density at radius 1 is 0.416 bits per heavy atom. The number of nitrogens with two attached hydrogens (primary N) is 1. The number of hydrogen-bond donors (Lipinski definition) is 6. The van der Waals surface area contributed by atoms with Gasteiger partial charge in [-0.05, 0) is 322 Å². The Bertz CT molecular complexity index is 6840. The second-order valence-electron chi connectivity index (χ2n) is 41.2. The number of carboxylic acids is 1. The molecule has 0 aliphatic carbocycles. The number of pyridine rings is 6. The number of carbonyl (C=O) groups is 7. The molecule has 6 saturated heterocycles. The molecule has 0 spiro atoms. The van der Waals surface area contributed by atoms with Gasteiger partial charge in [0.05, 0.1) is 150 Å². The fraction of sp³-hybridized carbons (Fsp3) is 0.530. The minimum absolute atomic E-state index is 0.0440. The summed E-state index contributed by atoms with van der Waals surface area (Å²) in [5.74, 6) is -2.60. The Kier molecular flexibility index (Phi) is 40.8. The van der Waals surface area contributed by atoms with E-state index in [4.69, 9.17) is 34.7 Å². The van der Waals surface area contributed by atoms with Crippen LogP contribution in [0.1, 0.15) is 243 Å². The van der Waals surface area contributed by atoms with E-state index in [1.807, 2.05) is 62.3 Å². The van der Waals surface area contributed by atoms with Crippen LogP contribution in [0, 0.1) is 95.4 Å². The first-order valence-electron chi connectivity index (χ1n) is 47.5. The van der Waals surface area contributed by atoms with Gasteiger partial charge in [0.25, 0.3) is 16.7 Å². The van der Waals surface area contributed by atoms with Gasteiger partial charge in [0.2, 0.25) is 11.9 Å². The van der Waals surface area contributed by atoms with Gasteiger partial charge in [-0.25, -0.2) is 61.9 Å². The van der Waals surface area contributed by atoms with Gasteiger partial charge in [-0.15, -0.1) is 0 Å². The van der Waals surface area contributed by atoms with Crippen LogP contribution in [0.15, 0.2) is 90.5 Å². The maximum atomic E-state index is 13.8. The van der Waals surface area contributed by atoms with E-state index in [2.05, 4.69) is 185 Å². The summed E-state index contributed by atoms with van der Waals surface area (Å²) in [6.45, 7) is 38.2. The predicted molar refractivity (Wildman–Crippen MR) is 562 cm³/mol. The van der Waals surface area contributed by atoms with Crippen LogP contribution in [-0.4, -0.2) is 238 Å². The van der Waals surface area contributed by atoms with Crippen molar-refractivity contribution >= 4 is 171 Å². The topological polar surface area (TPSA) is 550 Å². The number of aromatic nitrogens is 12. The largest absolute Gasteiger partial charge is 0.478 e. The van der Waals surface area contributed by atoms with Crippen molar-refractivity contribution in [1.82, 2.24) is 89.6 Å². The first kappa shape index (κ1) is 121. The molecule has 9 aromatic heterocycles. The highest BCUT2D eigenvalue weighted by Crippen LogP contribution is 2.45. The molecule has 0 bridgehead atoms. The predicted octanol–water partition coefficient (Wildman–Crippen LogP) is 18.7. The van der Waals surface area contributed by atoms with Crippen LogP contribution in [0.5, 0.6) is 0 Å². The van der Waals surface area contributed by atoms with Crippen molar-refractivity contribution in [2.75, 3.05) is 78.5 Å². The number of rotatable bonds is 7. The van der Waals surface area contributed by atoms with Gasteiger partial charge in [0.15, 0.2) is 5.82 Å². The minimum atomic E-state index is -1.45. The fourth-order valence-corrected chi connectivity index (χ4v) is 21.2. The van der Waals surface area contributed by atoms with E-state index in [1.165, 1.54) is 23.4 Å². The van der Waals surface area contributed by atoms with Gasteiger partial charge in [0, 0.05) is 81.8 Å². The van der Waals surface area contributed by atoms with Gasteiger partial charge in [-0.2, -0.15) is 25.4 Å². The summed E-state index contributed by atoms with van der Waals surface area (Å²) >= 11 is 19.6. The third-order valence-corrected chi connectivity index (χ3v) is 28.5. The Morgan fingerprint density at radius 2 is 0.725 bits per heavy atom. The van der Waals surface area contributed by atoms with E-state index in [0.29, 0.717) is 152 Å². The summed E-state index contributed by atoms with van der Waals surface area (Å²) in [7, 11) is 0. The smallest absolute Gasteiger partial charge is 0.410 e. The first-order valence-corrected chi connectivity index (χ1v) is 52.3. The molecule has 0 saturated carbocycles. The third kappa shape index (κ3) is 31.7. The Hall–Kier alpha value is -11.9. The molecule has 6 amide bonds. The Labute approximate surface area is 908 Å². The van der Waals surface area contributed by atoms with Crippen molar-refractivity contribution in [3.05, 3.63) is 182 Å². The second kappa shape index (κ2) is 50.4. The summed E-state index contributed by atoms with van der Waals surface area (Å²) in [4.78, 5) is 175. The Balaban J connectivity index is 0.000000197. The maximum absolute atomic E-state index is 13.8. The number of carbonyl (C=O) groups excluding carboxylic acids is 6. The third-order valence-electron chi connectivity index (χ3n) is 24.3. The number of aromatic amines is 3. The molecule has 6 fully saturated rings. The van der Waals surface area contributed by atoms with Crippen LogP contribution >= 0.6 is 95.6 Å². The van der Waals surface area contributed by atoms with Crippen LogP contribution < -0.4 is 27.7 Å². The number of halogens is 10. The molecule has 7 N–H and O–H groups in total. The fourth-order valence-electron chi connectivity index (χ4n) is 16.8. The number of aromatic carboxylic acids is 1. The van der Waals surface area contributed by atoms with Crippen LogP contribution in [0.2, 0.25) is 0 Å². The lowest BCUT2D eigenvalue weighted by Crippen LogP contribution is -2.52. The van der Waals surface area contributed by atoms with Crippen LogP contribution in [0.3, 0.4) is 0 Å². The molecule has 0 radical (unpaired) electrons. The maximum Gasteiger partial charge on any atom is 0.410 e. The van der Waals surface area contributed by atoms with Gasteiger partial charge in [-0.3, -0.25) is 44.1 Å². The average molecular weight is 2450 g/mol. The number of piperidine rings is 6. The van der Waals surface area contributed by atoms with Gasteiger partial charge in [-0.1, -0.05) is 0 Å². The number of likely N-dealkylation sites (tertiary alicyclic amines) is 5. The number of nitrogens with zero attached hydrogens (tertiary/aromatic N) is 18. The lowest BCUT2D eigenvalue weighted by Gasteiger charge is -2.40. The molecule has 6 aliphatic rings. The number of amides is 6. The molecule has 49 heteroatoms. The summed E-state index contributed by atoms with van der Waals surface area (Å²) in [6, 6.07) is 11.4. The minimum Gasteiger partial charge on any atom is -0.478 e. The summed E-state index contributed by atoms with van der Waals surface area (Å²) in [5, 5.41) is 51.9. The number of ether oxygens (including phenoxy) is 5. The van der Waals surface area contributed by atoms with Crippen molar-refractivity contribution in [2.45, 2.75) is 257 Å². The lowest BCUT2D eigenvalue weighted by molar-refractivity contribution is -0.125. The standard InChI is InChI=1S/C19H24BrN5O4.C19H22BrN5O3.C17H19BrFN3O4.C16H19BrFN3O2.C13H15BrN4O.C11H18N2O2.C5H2BrF2N/c1-10-23-11-9-22-14(13(20)12(11)15(26)24-10)19(16(21)27)5-7-25(8-6-19)17(28)29-18(2,3)4;1-11-23-12-9-22-15(14(20)13(12)16(26)24-11)19(10-21)5-7-25(8-6-19)17(27)28-18(2,3)4;1-16(2,3)26-15(25)22-6-4-17(9-20,5-7-22)13-12(18)11(14(23)24)10(19)8-21-13;1-15(2,3)23-14(22)21-6-4-16(10-19,5-7-21)13-12(17)8-11(18)9-20-13;1-7-17-9-6-16-12(8-2-4-15-5-3-8)11(14)10(9)13(19)18-7;1-11(2,3)15-10(14)13-6-4-9(8-12)5-7-13;6-4-1-3(7)2-9-5(4)8/h9H,5-8H2,1-4H3,(H2,21,27)(H,23,24,26);9H,5-8H2,1-4H3,(H,23,24,26);8H,4-7H2,1-3H3,(H,23,24);8-9H,4-7H2,1-3H3;6,8,15H,2-5H2,1H3,(H,17,18,19);9H,4-7H2,1-3H3;1-2H. The number of aryl methyl sites for hydroxylation is 3. The van der Waals surface area contributed by atoms with Gasteiger partial charge >= 0.3 is 36.4 Å². The molecule has 15 heterocycles. The van der Waals surface area contributed by atoms with E-state index >= 15 is 0 Å². The van der Waals surface area contributed by atoms with Crippen molar-refractivity contribution in [3.63, 3.8) is 0 Å². The number of carboxylic acid groups (broad SMARTS) is 1. The number of nitriles is 4. The monoisotopic (exact) mass is 2450 g/mol. The van der Waals surface area contributed by atoms with Gasteiger partial charge in [0.1, 0.15) is 78.9 Å². The Morgan fingerprint density at radius 3 is 1.06 bits per heavy atom. The highest BCUT2D eigenvalue weighted by atomic mass is 79.9. The zero-order valence-corrected chi connectivity index (χ0v) is 95.2. The second-order valence-corrected chi connectivity index (χ2v) is 46.1. The zero-order valence-electron chi connectivity index (χ0n) is 85.7. The summed E-state index contributed by atoms with van der Waals surface area (Å²) in [5.41, 5.74) is 1.87. The molecule has 6 aliphatic heterocycles. The van der Waals surface area contributed by atoms with Crippen molar-refractivity contribution in [3.8, 4) is 24.3 Å². The summed E-state index contributed by atoms with van der Waals surface area (Å²) < 4.78 is 80.2. The first-order chi connectivity index (χ1) is 69.5. The molecule has 15 rings (SSSR count). The molecule has 0 aromatic carbocycles. The van der Waals surface area contributed by atoms with Crippen molar-refractivity contribution in [2.24, 2.45) is 11.7 Å². The van der Waals surface area contributed by atoms with E-state index < -0.39 is 103 Å². The average Bonchev–Trinajstić information content (AvgIpc) is 0.738. The van der Waals surface area contributed by atoms with E-state index in [9.17, 15) is 86.4 Å². The number of primary amides is 1. The van der Waals surface area contributed by atoms with E-state index in [0.717, 1.165) is 73.6 Å². The highest BCUT2D eigenvalue weighted by molar-refractivity contribution is 9.11. The van der Waals surface area contributed by atoms with E-state index in [-0.39, 0.29) is 107 Å². The number of hydrogen-bond acceptors (Lipinski definition) is 29. The van der Waals surface area contributed by atoms with Crippen molar-refractivity contribution < 1.29 is 79.9 Å².